The number of hydrogen-bond acceptors (Lipinski definition) is 2. The van der Waals surface area contributed by atoms with Gasteiger partial charge in [-0.2, -0.15) is 0 Å². The van der Waals surface area contributed by atoms with E-state index in [1.54, 1.807) is 0 Å². The van der Waals surface area contributed by atoms with Crippen molar-refractivity contribution in [2.45, 2.75) is 25.4 Å². The molecule has 0 saturated carbocycles. The van der Waals surface area contributed by atoms with E-state index in [0.717, 1.165) is 19.1 Å². The minimum absolute atomic E-state index is 0.102. The summed E-state index contributed by atoms with van der Waals surface area (Å²) < 4.78 is 25.8. The molecule has 0 aliphatic heterocycles. The van der Waals surface area contributed by atoms with Crippen molar-refractivity contribution in [2.24, 2.45) is 0 Å². The summed E-state index contributed by atoms with van der Waals surface area (Å²) in [5, 5.41) is 18.4. The van der Waals surface area contributed by atoms with E-state index in [0.29, 0.717) is 6.07 Å². The zero-order chi connectivity index (χ0) is 12.5. The van der Waals surface area contributed by atoms with Gasteiger partial charge in [-0.25, -0.2) is 13.6 Å². The Labute approximate surface area is 91.3 Å². The molecule has 0 radical (unpaired) electrons. The van der Waals surface area contributed by atoms with E-state index in [-0.39, 0.29) is 5.56 Å². The summed E-state index contributed by atoms with van der Waals surface area (Å²) in [4.78, 5) is 10.8. The highest BCUT2D eigenvalue weighted by Crippen LogP contribution is 2.29. The van der Waals surface area contributed by atoms with Crippen LogP contribution in [0.5, 0.6) is 0 Å². The molecular formula is C11H12F2O3. The van der Waals surface area contributed by atoms with Gasteiger partial charge in [0.2, 0.25) is 0 Å². The van der Waals surface area contributed by atoms with Gasteiger partial charge >= 0.3 is 5.97 Å². The van der Waals surface area contributed by atoms with Crippen molar-refractivity contribution in [3.8, 4) is 0 Å². The Balaban J connectivity index is 3.14. The maximum atomic E-state index is 12.9. The van der Waals surface area contributed by atoms with E-state index in [2.05, 4.69) is 0 Å². The number of benzene rings is 1. The van der Waals surface area contributed by atoms with E-state index in [1.807, 2.05) is 0 Å². The number of aliphatic hydroxyl groups is 1. The number of hydrogen-bond donors (Lipinski definition) is 2. The molecule has 1 aromatic carbocycles. The minimum Gasteiger partial charge on any atom is -0.479 e. The molecule has 0 aliphatic rings. The highest BCUT2D eigenvalue weighted by atomic mass is 19.1. The van der Waals surface area contributed by atoms with Crippen LogP contribution in [0.15, 0.2) is 18.2 Å². The molecule has 2 unspecified atom stereocenters. The SMILES string of the molecule is CC(c1cc(F)cc(F)c1)C(C)(O)C(=O)O. The van der Waals surface area contributed by atoms with E-state index < -0.39 is 29.1 Å². The molecule has 5 heteroatoms. The predicted molar refractivity (Wildman–Crippen MR) is 53.0 cm³/mol. The summed E-state index contributed by atoms with van der Waals surface area (Å²) in [5.74, 6) is -3.97. The summed E-state index contributed by atoms with van der Waals surface area (Å²) in [5.41, 5.74) is -1.97. The maximum Gasteiger partial charge on any atom is 0.336 e. The average molecular weight is 230 g/mol. The molecule has 0 aliphatic carbocycles. The number of carboxylic acids is 1. The fourth-order valence-electron chi connectivity index (χ4n) is 1.33. The smallest absolute Gasteiger partial charge is 0.336 e. The van der Waals surface area contributed by atoms with Crippen molar-refractivity contribution >= 4 is 5.97 Å². The summed E-state index contributed by atoms with van der Waals surface area (Å²) in [6.07, 6.45) is 0. The van der Waals surface area contributed by atoms with Crippen LogP contribution in [0, 0.1) is 11.6 Å². The van der Waals surface area contributed by atoms with E-state index in [1.165, 1.54) is 6.92 Å². The van der Waals surface area contributed by atoms with Crippen LogP contribution in [0.2, 0.25) is 0 Å². The van der Waals surface area contributed by atoms with Crippen molar-refractivity contribution in [1.29, 1.82) is 0 Å². The summed E-state index contributed by atoms with van der Waals surface area (Å²) in [6.45, 7) is 2.48. The predicted octanol–water partition coefficient (Wildman–Crippen LogP) is 1.90. The number of halogens is 2. The Bertz CT molecular complexity index is 395. The number of rotatable bonds is 3. The van der Waals surface area contributed by atoms with Crippen molar-refractivity contribution in [3.63, 3.8) is 0 Å². The highest BCUT2D eigenvalue weighted by Gasteiger charge is 2.37. The Hall–Kier alpha value is -1.49. The van der Waals surface area contributed by atoms with Gasteiger partial charge in [0.25, 0.3) is 0 Å². The minimum atomic E-state index is -2.07. The number of carboxylic acid groups (broad SMARTS) is 1. The monoisotopic (exact) mass is 230 g/mol. The average Bonchev–Trinajstić information content (AvgIpc) is 2.14. The summed E-state index contributed by atoms with van der Waals surface area (Å²) >= 11 is 0. The normalized spacial score (nSPS) is 16.6. The largest absolute Gasteiger partial charge is 0.479 e. The molecule has 3 nitrogen and oxygen atoms in total. The fraction of sp³-hybridized carbons (Fsp3) is 0.364. The molecule has 2 atom stereocenters. The van der Waals surface area contributed by atoms with E-state index in [9.17, 15) is 18.7 Å². The van der Waals surface area contributed by atoms with Gasteiger partial charge in [0.05, 0.1) is 0 Å². The van der Waals surface area contributed by atoms with Gasteiger partial charge in [0, 0.05) is 12.0 Å². The molecule has 0 heterocycles. The van der Waals surface area contributed by atoms with Crippen molar-refractivity contribution in [2.75, 3.05) is 0 Å². The molecule has 88 valence electrons. The standard InChI is InChI=1S/C11H12F2O3/c1-6(11(2,16)10(14)15)7-3-8(12)5-9(13)4-7/h3-6,16H,1-2H3,(H,14,15). The molecule has 0 fully saturated rings. The lowest BCUT2D eigenvalue weighted by molar-refractivity contribution is -0.158. The zero-order valence-electron chi connectivity index (χ0n) is 8.87. The first kappa shape index (κ1) is 12.6. The molecule has 2 N–H and O–H groups in total. The molecule has 0 bridgehead atoms. The first-order chi connectivity index (χ1) is 7.25. The summed E-state index contributed by atoms with van der Waals surface area (Å²) in [7, 11) is 0. The molecule has 1 rings (SSSR count). The lowest BCUT2D eigenvalue weighted by Gasteiger charge is -2.26. The van der Waals surface area contributed by atoms with Crippen LogP contribution in [0.1, 0.15) is 25.3 Å². The second-order valence-electron chi connectivity index (χ2n) is 3.88. The van der Waals surface area contributed by atoms with Crippen LogP contribution >= 0.6 is 0 Å². The van der Waals surface area contributed by atoms with Crippen LogP contribution in [0.4, 0.5) is 8.78 Å². The quantitative estimate of drug-likeness (QED) is 0.833. The van der Waals surface area contributed by atoms with Gasteiger partial charge in [-0.3, -0.25) is 0 Å². The van der Waals surface area contributed by atoms with Crippen LogP contribution in [-0.2, 0) is 4.79 Å². The molecule has 1 aromatic rings. The van der Waals surface area contributed by atoms with Crippen molar-refractivity contribution in [3.05, 3.63) is 35.4 Å². The lowest BCUT2D eigenvalue weighted by Crippen LogP contribution is -2.40. The summed E-state index contributed by atoms with van der Waals surface area (Å²) in [6, 6.07) is 2.70. The molecule has 0 saturated heterocycles. The van der Waals surface area contributed by atoms with Crippen LogP contribution in [-0.4, -0.2) is 21.8 Å². The van der Waals surface area contributed by atoms with Crippen LogP contribution in [0.3, 0.4) is 0 Å². The van der Waals surface area contributed by atoms with Crippen LogP contribution < -0.4 is 0 Å². The Kier molecular flexibility index (Phi) is 3.28. The second kappa shape index (κ2) is 4.17. The highest BCUT2D eigenvalue weighted by molar-refractivity contribution is 5.78. The first-order valence-electron chi connectivity index (χ1n) is 4.67. The van der Waals surface area contributed by atoms with E-state index >= 15 is 0 Å². The van der Waals surface area contributed by atoms with Gasteiger partial charge in [0.1, 0.15) is 11.6 Å². The number of carbonyl (C=O) groups is 1. The molecule has 16 heavy (non-hydrogen) atoms. The van der Waals surface area contributed by atoms with Gasteiger partial charge in [0.15, 0.2) is 5.60 Å². The third kappa shape index (κ3) is 2.36. The van der Waals surface area contributed by atoms with Gasteiger partial charge in [-0.15, -0.1) is 0 Å². The van der Waals surface area contributed by atoms with Crippen LogP contribution in [0.25, 0.3) is 0 Å². The number of aliphatic carboxylic acids is 1. The molecule has 0 amide bonds. The lowest BCUT2D eigenvalue weighted by atomic mass is 9.85. The Morgan fingerprint density at radius 3 is 2.12 bits per heavy atom. The molecule has 0 aromatic heterocycles. The zero-order valence-corrected chi connectivity index (χ0v) is 8.87. The van der Waals surface area contributed by atoms with Gasteiger partial charge < -0.3 is 10.2 Å². The topological polar surface area (TPSA) is 57.5 Å². The third-order valence-electron chi connectivity index (χ3n) is 2.66. The Morgan fingerprint density at radius 2 is 1.75 bits per heavy atom. The van der Waals surface area contributed by atoms with E-state index in [4.69, 9.17) is 5.11 Å². The van der Waals surface area contributed by atoms with Gasteiger partial charge in [-0.05, 0) is 24.6 Å². The van der Waals surface area contributed by atoms with Crippen molar-refractivity contribution in [1.82, 2.24) is 0 Å². The third-order valence-corrected chi connectivity index (χ3v) is 2.66. The first-order valence-corrected chi connectivity index (χ1v) is 4.67. The van der Waals surface area contributed by atoms with Gasteiger partial charge in [-0.1, -0.05) is 6.92 Å². The van der Waals surface area contributed by atoms with Crippen molar-refractivity contribution < 1.29 is 23.8 Å². The second-order valence-corrected chi connectivity index (χ2v) is 3.88. The fourth-order valence-corrected chi connectivity index (χ4v) is 1.33. The Morgan fingerprint density at radius 1 is 1.31 bits per heavy atom. The molecular weight excluding hydrogens is 218 g/mol. The maximum absolute atomic E-state index is 12.9. The molecule has 0 spiro atoms.